The maximum atomic E-state index is 12.7. The molecule has 8 heteroatoms. The van der Waals surface area contributed by atoms with Crippen LogP contribution in [0.5, 0.6) is 5.88 Å². The molecular formula is C23H25N3O4S. The van der Waals surface area contributed by atoms with Gasteiger partial charge in [0.1, 0.15) is 6.33 Å². The van der Waals surface area contributed by atoms with Crippen molar-refractivity contribution in [2.75, 3.05) is 17.9 Å². The van der Waals surface area contributed by atoms with Crippen LogP contribution in [-0.4, -0.2) is 36.7 Å². The first kappa shape index (κ1) is 22.5. The minimum Gasteiger partial charge on any atom is -0.477 e. The number of aliphatic hydroxyl groups excluding tert-OH is 1. The van der Waals surface area contributed by atoms with Crippen molar-refractivity contribution in [1.29, 1.82) is 0 Å². The molecular weight excluding hydrogens is 414 g/mol. The smallest absolute Gasteiger partial charge is 0.256 e. The van der Waals surface area contributed by atoms with Gasteiger partial charge in [0.05, 0.1) is 17.6 Å². The highest BCUT2D eigenvalue weighted by Crippen LogP contribution is 2.34. The average Bonchev–Trinajstić information content (AvgIpc) is 2.77. The second kappa shape index (κ2) is 10.7. The fraction of sp³-hybridized carbons (Fsp3) is 0.217. The second-order valence-electron chi connectivity index (χ2n) is 6.91. The van der Waals surface area contributed by atoms with Crippen molar-refractivity contribution in [3.05, 3.63) is 77.5 Å². The SMILES string of the molecule is Cc1ccc(-c2c(NS(=O)(=O)C=Cc3ccccc3)ncnc2OCCCCO)cc1. The highest BCUT2D eigenvalue weighted by Gasteiger charge is 2.18. The Kier molecular flexibility index (Phi) is 7.75. The number of ether oxygens (including phenoxy) is 1. The number of hydrogen-bond donors (Lipinski definition) is 2. The van der Waals surface area contributed by atoms with Crippen LogP contribution in [0.25, 0.3) is 17.2 Å². The quantitative estimate of drug-likeness (QED) is 0.463. The van der Waals surface area contributed by atoms with Gasteiger partial charge in [0.25, 0.3) is 10.0 Å². The van der Waals surface area contributed by atoms with Gasteiger partial charge >= 0.3 is 0 Å². The fourth-order valence-electron chi connectivity index (χ4n) is 2.82. The lowest BCUT2D eigenvalue weighted by atomic mass is 10.1. The first-order valence-electron chi connectivity index (χ1n) is 9.90. The first-order chi connectivity index (χ1) is 15.0. The molecule has 0 amide bonds. The first-order valence-corrected chi connectivity index (χ1v) is 11.4. The molecule has 0 aliphatic heterocycles. The number of aryl methyl sites for hydroxylation is 1. The van der Waals surface area contributed by atoms with Gasteiger partial charge < -0.3 is 9.84 Å². The number of nitrogens with one attached hydrogen (secondary N) is 1. The van der Waals surface area contributed by atoms with Crippen LogP contribution < -0.4 is 9.46 Å². The van der Waals surface area contributed by atoms with E-state index in [9.17, 15) is 8.42 Å². The van der Waals surface area contributed by atoms with Gasteiger partial charge in [0.15, 0.2) is 5.82 Å². The zero-order chi connectivity index (χ0) is 22.1. The van der Waals surface area contributed by atoms with Gasteiger partial charge in [-0.1, -0.05) is 60.2 Å². The molecule has 2 aromatic carbocycles. The highest BCUT2D eigenvalue weighted by molar-refractivity contribution is 7.95. The molecule has 3 rings (SSSR count). The predicted octanol–water partition coefficient (Wildman–Crippen LogP) is 4.02. The van der Waals surface area contributed by atoms with E-state index in [2.05, 4.69) is 14.7 Å². The van der Waals surface area contributed by atoms with Crippen molar-refractivity contribution in [3.63, 3.8) is 0 Å². The van der Waals surface area contributed by atoms with E-state index in [-0.39, 0.29) is 18.3 Å². The minimum absolute atomic E-state index is 0.0801. The lowest BCUT2D eigenvalue weighted by Crippen LogP contribution is -2.13. The van der Waals surface area contributed by atoms with E-state index >= 15 is 0 Å². The number of rotatable bonds is 10. The number of sulfonamides is 1. The molecule has 0 fully saturated rings. The molecule has 162 valence electrons. The van der Waals surface area contributed by atoms with Crippen LogP contribution in [-0.2, 0) is 10.0 Å². The van der Waals surface area contributed by atoms with Gasteiger partial charge in [0.2, 0.25) is 5.88 Å². The van der Waals surface area contributed by atoms with Gasteiger partial charge in [-0.2, -0.15) is 0 Å². The van der Waals surface area contributed by atoms with E-state index in [1.165, 1.54) is 12.4 Å². The van der Waals surface area contributed by atoms with Gasteiger partial charge in [-0.05, 0) is 37.0 Å². The van der Waals surface area contributed by atoms with Crippen LogP contribution in [0.15, 0.2) is 66.3 Å². The molecule has 0 atom stereocenters. The van der Waals surface area contributed by atoms with E-state index in [4.69, 9.17) is 9.84 Å². The molecule has 7 nitrogen and oxygen atoms in total. The van der Waals surface area contributed by atoms with Crippen molar-refractivity contribution in [2.45, 2.75) is 19.8 Å². The summed E-state index contributed by atoms with van der Waals surface area (Å²) in [7, 11) is -3.83. The molecule has 1 aromatic heterocycles. The van der Waals surface area contributed by atoms with E-state index < -0.39 is 10.0 Å². The Balaban J connectivity index is 1.92. The summed E-state index contributed by atoms with van der Waals surface area (Å²) in [6, 6.07) is 16.7. The fourth-order valence-corrected chi connectivity index (χ4v) is 3.65. The summed E-state index contributed by atoms with van der Waals surface area (Å²) in [5.74, 6) is 0.412. The molecule has 0 bridgehead atoms. The molecule has 31 heavy (non-hydrogen) atoms. The normalized spacial score (nSPS) is 11.5. The average molecular weight is 440 g/mol. The van der Waals surface area contributed by atoms with Crippen LogP contribution in [0, 0.1) is 6.92 Å². The van der Waals surface area contributed by atoms with Crippen molar-refractivity contribution >= 4 is 21.9 Å². The Bertz CT molecular complexity index is 1120. The van der Waals surface area contributed by atoms with Gasteiger partial charge in [-0.3, -0.25) is 4.72 Å². The van der Waals surface area contributed by atoms with Gasteiger partial charge in [0, 0.05) is 6.61 Å². The monoisotopic (exact) mass is 439 g/mol. The number of nitrogens with zero attached hydrogens (tertiary/aromatic N) is 2. The summed E-state index contributed by atoms with van der Waals surface area (Å²) < 4.78 is 33.7. The zero-order valence-corrected chi connectivity index (χ0v) is 18.0. The summed E-state index contributed by atoms with van der Waals surface area (Å²) in [5, 5.41) is 10.1. The van der Waals surface area contributed by atoms with Crippen LogP contribution in [0.1, 0.15) is 24.0 Å². The lowest BCUT2D eigenvalue weighted by Gasteiger charge is -2.15. The Morgan fingerprint density at radius 1 is 1.03 bits per heavy atom. The van der Waals surface area contributed by atoms with Crippen molar-refractivity contribution in [3.8, 4) is 17.0 Å². The third-order valence-corrected chi connectivity index (χ3v) is 5.39. The number of benzene rings is 2. The zero-order valence-electron chi connectivity index (χ0n) is 17.2. The number of hydrogen-bond acceptors (Lipinski definition) is 6. The van der Waals surface area contributed by atoms with Crippen LogP contribution in [0.2, 0.25) is 0 Å². The molecule has 0 unspecified atom stereocenters. The van der Waals surface area contributed by atoms with Gasteiger partial charge in [-0.25, -0.2) is 18.4 Å². The van der Waals surface area contributed by atoms with Crippen molar-refractivity contribution in [2.24, 2.45) is 0 Å². The Morgan fingerprint density at radius 3 is 2.48 bits per heavy atom. The molecule has 1 heterocycles. The van der Waals surface area contributed by atoms with E-state index in [1.807, 2.05) is 61.5 Å². The number of aromatic nitrogens is 2. The summed E-state index contributed by atoms with van der Waals surface area (Å²) in [5.41, 5.74) is 3.03. The summed E-state index contributed by atoms with van der Waals surface area (Å²) in [4.78, 5) is 8.38. The minimum atomic E-state index is -3.83. The van der Waals surface area contributed by atoms with Gasteiger partial charge in [-0.15, -0.1) is 0 Å². The third kappa shape index (κ3) is 6.63. The Morgan fingerprint density at radius 2 is 1.77 bits per heavy atom. The maximum absolute atomic E-state index is 12.7. The summed E-state index contributed by atoms with van der Waals surface area (Å²) >= 11 is 0. The number of anilines is 1. The Labute approximate surface area is 182 Å². The molecule has 3 aromatic rings. The second-order valence-corrected chi connectivity index (χ2v) is 8.47. The largest absolute Gasteiger partial charge is 0.477 e. The summed E-state index contributed by atoms with van der Waals surface area (Å²) in [6.45, 7) is 2.39. The van der Waals surface area contributed by atoms with E-state index in [1.54, 1.807) is 0 Å². The van der Waals surface area contributed by atoms with Crippen molar-refractivity contribution < 1.29 is 18.3 Å². The summed E-state index contributed by atoms with van der Waals surface area (Å²) in [6.07, 6.45) is 4.03. The maximum Gasteiger partial charge on any atom is 0.256 e. The van der Waals surface area contributed by atoms with Crippen LogP contribution in [0.3, 0.4) is 0 Å². The van der Waals surface area contributed by atoms with Crippen LogP contribution >= 0.6 is 0 Å². The molecule has 2 N–H and O–H groups in total. The number of aliphatic hydroxyl groups is 1. The lowest BCUT2D eigenvalue weighted by molar-refractivity contribution is 0.249. The van der Waals surface area contributed by atoms with E-state index in [0.29, 0.717) is 25.0 Å². The van der Waals surface area contributed by atoms with E-state index in [0.717, 1.165) is 22.1 Å². The topological polar surface area (TPSA) is 101 Å². The molecule has 0 aliphatic carbocycles. The molecule has 0 aliphatic rings. The third-order valence-electron chi connectivity index (χ3n) is 4.42. The van der Waals surface area contributed by atoms with Crippen molar-refractivity contribution in [1.82, 2.24) is 9.97 Å². The van der Waals surface area contributed by atoms with Crippen LogP contribution in [0.4, 0.5) is 5.82 Å². The predicted molar refractivity (Wildman–Crippen MR) is 122 cm³/mol. The standard InChI is InChI=1S/C23H25N3O4S/c1-18-9-11-20(12-10-18)21-22(24-17-25-23(21)30-15-6-5-14-27)26-31(28,29)16-13-19-7-3-2-4-8-19/h2-4,7-13,16-17,27H,5-6,14-15H2,1H3,(H,24,25,26). The number of unbranched alkanes of at least 4 members (excludes halogenated alkanes) is 1. The molecule has 0 radical (unpaired) electrons. The Hall–Kier alpha value is -3.23. The highest BCUT2D eigenvalue weighted by atomic mass is 32.2. The molecule has 0 saturated heterocycles. The molecule has 0 spiro atoms. The molecule has 0 saturated carbocycles.